The second kappa shape index (κ2) is 2.97. The second-order valence-electron chi connectivity index (χ2n) is 2.66. The molecule has 0 bridgehead atoms. The quantitative estimate of drug-likeness (QED) is 0.764. The number of nitrogens with two attached hydrogens (primary N) is 1. The van der Waals surface area contributed by atoms with E-state index in [2.05, 4.69) is 4.98 Å². The third-order valence-corrected chi connectivity index (χ3v) is 1.79. The van der Waals surface area contributed by atoms with Gasteiger partial charge in [0.15, 0.2) is 11.5 Å². The predicted molar refractivity (Wildman–Crippen MR) is 48.0 cm³/mol. The van der Waals surface area contributed by atoms with Crippen LogP contribution in [0.2, 0.25) is 0 Å². The van der Waals surface area contributed by atoms with E-state index in [0.717, 1.165) is 12.1 Å². The largest absolute Gasteiger partial charge is 0.461 e. The molecule has 0 fully saturated rings. The van der Waals surface area contributed by atoms with Crippen molar-refractivity contribution in [1.82, 2.24) is 4.98 Å². The van der Waals surface area contributed by atoms with Crippen molar-refractivity contribution in [1.29, 1.82) is 0 Å². The van der Waals surface area contributed by atoms with E-state index in [9.17, 15) is 0 Å². The Morgan fingerprint density at radius 2 is 2.38 bits per heavy atom. The summed E-state index contributed by atoms with van der Waals surface area (Å²) in [7, 11) is 0. The fourth-order valence-corrected chi connectivity index (χ4v) is 1.21. The minimum Gasteiger partial charge on any atom is -0.461 e. The van der Waals surface area contributed by atoms with Gasteiger partial charge in [0.1, 0.15) is 0 Å². The molecule has 2 rings (SSSR count). The number of hydrogen-bond donors (Lipinski definition) is 1. The van der Waals surface area contributed by atoms with E-state index < -0.39 is 0 Å². The van der Waals surface area contributed by atoms with Crippen molar-refractivity contribution in [3.63, 3.8) is 0 Å². The van der Waals surface area contributed by atoms with Gasteiger partial charge in [0.05, 0.1) is 12.0 Å². The number of aryl methyl sites for hydroxylation is 1. The van der Waals surface area contributed by atoms with E-state index in [1.54, 1.807) is 12.3 Å². The zero-order chi connectivity index (χ0) is 9.26. The van der Waals surface area contributed by atoms with E-state index in [-0.39, 0.29) is 6.01 Å². The van der Waals surface area contributed by atoms with Crippen LogP contribution in [0.5, 0.6) is 0 Å². The maximum absolute atomic E-state index is 5.44. The molecule has 0 radical (unpaired) electrons. The predicted octanol–water partition coefficient (Wildman–Crippen LogP) is 2.08. The summed E-state index contributed by atoms with van der Waals surface area (Å²) in [6, 6.07) is 3.80. The molecule has 0 aliphatic rings. The second-order valence-corrected chi connectivity index (χ2v) is 2.66. The molecule has 0 spiro atoms. The summed E-state index contributed by atoms with van der Waals surface area (Å²) in [4.78, 5) is 4.04. The monoisotopic (exact) mass is 178 g/mol. The van der Waals surface area contributed by atoms with Crippen LogP contribution in [0.3, 0.4) is 0 Å². The van der Waals surface area contributed by atoms with Gasteiger partial charge in [-0.05, 0) is 18.6 Å². The van der Waals surface area contributed by atoms with Crippen molar-refractivity contribution in [3.05, 3.63) is 24.1 Å². The minimum absolute atomic E-state index is 0.184. The van der Waals surface area contributed by atoms with Crippen molar-refractivity contribution >= 4 is 6.01 Å². The third-order valence-electron chi connectivity index (χ3n) is 1.79. The highest BCUT2D eigenvalue weighted by molar-refractivity contribution is 5.54. The Morgan fingerprint density at radius 3 is 3.00 bits per heavy atom. The lowest BCUT2D eigenvalue weighted by atomic mass is 10.2. The SMILES string of the molecule is CCc1nc(N)oc1-c1ccco1. The highest BCUT2D eigenvalue weighted by atomic mass is 16.4. The zero-order valence-electron chi connectivity index (χ0n) is 7.28. The lowest BCUT2D eigenvalue weighted by Crippen LogP contribution is -1.85. The van der Waals surface area contributed by atoms with Gasteiger partial charge in [-0.3, -0.25) is 0 Å². The van der Waals surface area contributed by atoms with E-state index in [1.165, 1.54) is 0 Å². The molecule has 4 nitrogen and oxygen atoms in total. The lowest BCUT2D eigenvalue weighted by molar-refractivity contribution is 0.529. The Bertz CT molecular complexity index is 390. The van der Waals surface area contributed by atoms with Crippen LogP contribution in [0, 0.1) is 0 Å². The van der Waals surface area contributed by atoms with E-state index in [4.69, 9.17) is 14.6 Å². The first kappa shape index (κ1) is 7.91. The Morgan fingerprint density at radius 1 is 1.54 bits per heavy atom. The van der Waals surface area contributed by atoms with Crippen molar-refractivity contribution < 1.29 is 8.83 Å². The van der Waals surface area contributed by atoms with Crippen LogP contribution in [0.15, 0.2) is 27.2 Å². The van der Waals surface area contributed by atoms with Crippen LogP contribution in [0.4, 0.5) is 6.01 Å². The van der Waals surface area contributed by atoms with Gasteiger partial charge in [-0.25, -0.2) is 0 Å². The highest BCUT2D eigenvalue weighted by Gasteiger charge is 2.13. The van der Waals surface area contributed by atoms with Crippen LogP contribution in [-0.2, 0) is 6.42 Å². The molecule has 2 aromatic rings. The van der Waals surface area contributed by atoms with Crippen LogP contribution in [-0.4, -0.2) is 4.98 Å². The van der Waals surface area contributed by atoms with Crippen LogP contribution >= 0.6 is 0 Å². The molecule has 0 amide bonds. The Balaban J connectivity index is 2.50. The van der Waals surface area contributed by atoms with E-state index in [0.29, 0.717) is 11.5 Å². The summed E-state index contributed by atoms with van der Waals surface area (Å²) >= 11 is 0. The molecule has 2 N–H and O–H groups in total. The van der Waals surface area contributed by atoms with Crippen LogP contribution in [0.1, 0.15) is 12.6 Å². The minimum atomic E-state index is 0.184. The van der Waals surface area contributed by atoms with Gasteiger partial charge < -0.3 is 14.6 Å². The summed E-state index contributed by atoms with van der Waals surface area (Å²) in [5.74, 6) is 1.30. The van der Waals surface area contributed by atoms with Gasteiger partial charge in [0, 0.05) is 0 Å². The average Bonchev–Trinajstić information content (AvgIpc) is 2.71. The zero-order valence-corrected chi connectivity index (χ0v) is 7.28. The normalized spacial score (nSPS) is 10.5. The lowest BCUT2D eigenvalue weighted by Gasteiger charge is -1.91. The molecule has 0 saturated heterocycles. The maximum atomic E-state index is 5.44. The number of hydrogen-bond acceptors (Lipinski definition) is 4. The average molecular weight is 178 g/mol. The molecule has 0 aliphatic carbocycles. The number of oxazole rings is 1. The molecular formula is C9H10N2O2. The van der Waals surface area contributed by atoms with Crippen molar-refractivity contribution in [3.8, 4) is 11.5 Å². The highest BCUT2D eigenvalue weighted by Crippen LogP contribution is 2.26. The number of rotatable bonds is 2. The molecule has 68 valence electrons. The van der Waals surface area contributed by atoms with Crippen molar-refractivity contribution in [2.75, 3.05) is 5.73 Å². The van der Waals surface area contributed by atoms with E-state index in [1.807, 2.05) is 13.0 Å². The number of nitrogens with zero attached hydrogens (tertiary/aromatic N) is 1. The number of aromatic nitrogens is 1. The van der Waals surface area contributed by atoms with E-state index >= 15 is 0 Å². The van der Waals surface area contributed by atoms with Gasteiger partial charge >= 0.3 is 0 Å². The fraction of sp³-hybridized carbons (Fsp3) is 0.222. The molecule has 2 aromatic heterocycles. The summed E-state index contributed by atoms with van der Waals surface area (Å²) < 4.78 is 10.4. The van der Waals surface area contributed by atoms with Gasteiger partial charge in [-0.15, -0.1) is 0 Å². The molecule has 0 atom stereocenters. The Labute approximate surface area is 75.4 Å². The smallest absolute Gasteiger partial charge is 0.292 e. The first-order valence-corrected chi connectivity index (χ1v) is 4.10. The molecule has 0 aromatic carbocycles. The first-order chi connectivity index (χ1) is 6.31. The standard InChI is InChI=1S/C9H10N2O2/c1-2-6-8(13-9(10)11-6)7-4-3-5-12-7/h3-5H,2H2,1H3,(H2,10,11). The summed E-state index contributed by atoms with van der Waals surface area (Å²) in [5, 5.41) is 0. The molecule has 0 aliphatic heterocycles. The summed E-state index contributed by atoms with van der Waals surface area (Å²) in [6.07, 6.45) is 2.37. The molecule has 0 unspecified atom stereocenters. The molecular weight excluding hydrogens is 168 g/mol. The van der Waals surface area contributed by atoms with Crippen molar-refractivity contribution in [2.24, 2.45) is 0 Å². The third kappa shape index (κ3) is 1.30. The molecule has 0 saturated carbocycles. The van der Waals surface area contributed by atoms with Crippen LogP contribution < -0.4 is 5.73 Å². The number of anilines is 1. The maximum Gasteiger partial charge on any atom is 0.292 e. The van der Waals surface area contributed by atoms with Crippen LogP contribution in [0.25, 0.3) is 11.5 Å². The fourth-order valence-electron chi connectivity index (χ4n) is 1.21. The summed E-state index contributed by atoms with van der Waals surface area (Å²) in [6.45, 7) is 1.99. The van der Waals surface area contributed by atoms with Gasteiger partial charge in [0.2, 0.25) is 0 Å². The molecule has 2 heterocycles. The molecule has 13 heavy (non-hydrogen) atoms. The van der Waals surface area contributed by atoms with Gasteiger partial charge in [-0.2, -0.15) is 4.98 Å². The Hall–Kier alpha value is -1.71. The first-order valence-electron chi connectivity index (χ1n) is 4.10. The molecule has 4 heteroatoms. The topological polar surface area (TPSA) is 65.2 Å². The Kier molecular flexibility index (Phi) is 1.81. The van der Waals surface area contributed by atoms with Gasteiger partial charge in [0.25, 0.3) is 6.01 Å². The van der Waals surface area contributed by atoms with Crippen molar-refractivity contribution in [2.45, 2.75) is 13.3 Å². The van der Waals surface area contributed by atoms with Gasteiger partial charge in [-0.1, -0.05) is 6.92 Å². The number of nitrogen functional groups attached to an aromatic ring is 1. The summed E-state index contributed by atoms with van der Waals surface area (Å²) in [5.41, 5.74) is 6.27. The number of furan rings is 1.